The molecule has 1 aromatic heterocycles. The molecule has 0 saturated heterocycles. The van der Waals surface area contributed by atoms with E-state index in [1.807, 2.05) is 47.0 Å². The van der Waals surface area contributed by atoms with Crippen molar-refractivity contribution in [2.45, 2.75) is 13.3 Å². The van der Waals surface area contributed by atoms with Gasteiger partial charge < -0.3 is 4.74 Å². The van der Waals surface area contributed by atoms with Gasteiger partial charge >= 0.3 is 5.97 Å². The van der Waals surface area contributed by atoms with Crippen molar-refractivity contribution in [2.75, 3.05) is 6.61 Å². The molecule has 3 rings (SSSR count). The molecular weight excluding hydrogens is 300 g/mol. The van der Waals surface area contributed by atoms with Crippen LogP contribution in [0.25, 0.3) is 16.7 Å². The van der Waals surface area contributed by atoms with Crippen LogP contribution >= 0.6 is 11.6 Å². The zero-order valence-corrected chi connectivity index (χ0v) is 12.9. The molecule has 1 heterocycles. The van der Waals surface area contributed by atoms with Crippen LogP contribution in [0.15, 0.2) is 48.5 Å². The fraction of sp³-hybridized carbons (Fsp3) is 0.176. The van der Waals surface area contributed by atoms with E-state index in [0.29, 0.717) is 17.5 Å². The van der Waals surface area contributed by atoms with Gasteiger partial charge in [-0.1, -0.05) is 29.8 Å². The lowest BCUT2D eigenvalue weighted by molar-refractivity contribution is -0.142. The average molecular weight is 315 g/mol. The van der Waals surface area contributed by atoms with E-state index in [4.69, 9.17) is 16.3 Å². The predicted octanol–water partition coefficient (Wildman–Crippen LogP) is 3.78. The second-order valence-electron chi connectivity index (χ2n) is 4.81. The minimum atomic E-state index is -0.291. The lowest BCUT2D eigenvalue weighted by Gasteiger charge is -2.09. The Morgan fingerprint density at radius 2 is 2.00 bits per heavy atom. The summed E-state index contributed by atoms with van der Waals surface area (Å²) in [5, 5.41) is 0.632. The molecule has 0 unspecified atom stereocenters. The Balaban J connectivity index is 2.16. The summed E-state index contributed by atoms with van der Waals surface area (Å²) in [4.78, 5) is 16.4. The van der Waals surface area contributed by atoms with Crippen LogP contribution in [0.4, 0.5) is 0 Å². The van der Waals surface area contributed by atoms with Crippen molar-refractivity contribution in [3.63, 3.8) is 0 Å². The van der Waals surface area contributed by atoms with Gasteiger partial charge in [-0.2, -0.15) is 0 Å². The van der Waals surface area contributed by atoms with Crippen LogP contribution in [0.1, 0.15) is 12.7 Å². The second-order valence-corrected chi connectivity index (χ2v) is 5.25. The maximum absolute atomic E-state index is 11.8. The molecule has 0 fully saturated rings. The average Bonchev–Trinajstić information content (AvgIpc) is 2.85. The Labute approximate surface area is 133 Å². The number of benzene rings is 2. The first-order valence-electron chi connectivity index (χ1n) is 7.07. The zero-order chi connectivity index (χ0) is 15.5. The molecule has 0 aliphatic carbocycles. The molecule has 0 atom stereocenters. The fourth-order valence-corrected chi connectivity index (χ4v) is 2.59. The Morgan fingerprint density at radius 1 is 1.23 bits per heavy atom. The Bertz CT molecular complexity index is 812. The van der Waals surface area contributed by atoms with Crippen molar-refractivity contribution in [1.82, 2.24) is 9.55 Å². The number of carbonyl (C=O) groups excluding carboxylic acids is 1. The Morgan fingerprint density at radius 3 is 2.73 bits per heavy atom. The van der Waals surface area contributed by atoms with Gasteiger partial charge in [0.25, 0.3) is 0 Å². The first-order chi connectivity index (χ1) is 10.7. The standard InChI is InChI=1S/C17H15ClN2O2/c1-2-22-17(21)11-16-19-14-9-8-12(18)10-15(14)20(16)13-6-4-3-5-7-13/h3-10H,2,11H2,1H3. The zero-order valence-electron chi connectivity index (χ0n) is 12.1. The number of aromatic nitrogens is 2. The predicted molar refractivity (Wildman–Crippen MR) is 86.4 cm³/mol. The fourth-order valence-electron chi connectivity index (χ4n) is 2.42. The minimum absolute atomic E-state index is 0.120. The summed E-state index contributed by atoms with van der Waals surface area (Å²) in [5.74, 6) is 0.350. The van der Waals surface area contributed by atoms with Crippen molar-refractivity contribution in [1.29, 1.82) is 0 Å². The molecule has 112 valence electrons. The number of carbonyl (C=O) groups is 1. The largest absolute Gasteiger partial charge is 0.466 e. The third kappa shape index (κ3) is 2.83. The highest BCUT2D eigenvalue weighted by molar-refractivity contribution is 6.31. The quantitative estimate of drug-likeness (QED) is 0.688. The molecule has 0 radical (unpaired) electrons. The van der Waals surface area contributed by atoms with Gasteiger partial charge in [0, 0.05) is 10.7 Å². The number of para-hydroxylation sites is 1. The number of hydrogen-bond donors (Lipinski definition) is 0. The number of imidazole rings is 1. The van der Waals surface area contributed by atoms with Gasteiger partial charge in [-0.3, -0.25) is 9.36 Å². The third-order valence-corrected chi connectivity index (χ3v) is 3.54. The van der Waals surface area contributed by atoms with Crippen LogP contribution in [0.5, 0.6) is 0 Å². The van der Waals surface area contributed by atoms with Gasteiger partial charge in [-0.05, 0) is 37.3 Å². The first kappa shape index (κ1) is 14.6. The lowest BCUT2D eigenvalue weighted by Crippen LogP contribution is -2.12. The van der Waals surface area contributed by atoms with Crippen LogP contribution in [0.3, 0.4) is 0 Å². The van der Waals surface area contributed by atoms with Gasteiger partial charge in [0.05, 0.1) is 17.6 Å². The van der Waals surface area contributed by atoms with Gasteiger partial charge in [0.1, 0.15) is 12.2 Å². The summed E-state index contributed by atoms with van der Waals surface area (Å²) in [5.41, 5.74) is 2.61. The number of hydrogen-bond acceptors (Lipinski definition) is 3. The first-order valence-corrected chi connectivity index (χ1v) is 7.44. The van der Waals surface area contributed by atoms with Crippen LogP contribution in [0, 0.1) is 0 Å². The summed E-state index contributed by atoms with van der Waals surface area (Å²) < 4.78 is 6.98. The van der Waals surface area contributed by atoms with Crippen LogP contribution in [0.2, 0.25) is 5.02 Å². The van der Waals surface area contributed by atoms with Gasteiger partial charge in [-0.25, -0.2) is 4.98 Å². The van der Waals surface area contributed by atoms with Crippen molar-refractivity contribution in [2.24, 2.45) is 0 Å². The van der Waals surface area contributed by atoms with E-state index in [2.05, 4.69) is 4.98 Å². The Kier molecular flexibility index (Phi) is 4.11. The molecular formula is C17H15ClN2O2. The van der Waals surface area contributed by atoms with Crippen LogP contribution in [-0.4, -0.2) is 22.1 Å². The monoisotopic (exact) mass is 314 g/mol. The topological polar surface area (TPSA) is 44.1 Å². The van der Waals surface area contributed by atoms with E-state index in [1.54, 1.807) is 13.0 Å². The highest BCUT2D eigenvalue weighted by atomic mass is 35.5. The number of ether oxygens (including phenoxy) is 1. The molecule has 0 saturated carbocycles. The summed E-state index contributed by atoms with van der Waals surface area (Å²) >= 11 is 6.11. The molecule has 3 aromatic rings. The number of rotatable bonds is 4. The van der Waals surface area contributed by atoms with E-state index < -0.39 is 0 Å². The molecule has 0 N–H and O–H groups in total. The number of halogens is 1. The normalized spacial score (nSPS) is 10.8. The highest BCUT2D eigenvalue weighted by Gasteiger charge is 2.16. The highest BCUT2D eigenvalue weighted by Crippen LogP contribution is 2.25. The lowest BCUT2D eigenvalue weighted by atomic mass is 10.2. The third-order valence-electron chi connectivity index (χ3n) is 3.31. The maximum atomic E-state index is 11.8. The Hall–Kier alpha value is -2.33. The van der Waals surface area contributed by atoms with E-state index >= 15 is 0 Å². The molecule has 4 nitrogen and oxygen atoms in total. The van der Waals surface area contributed by atoms with Crippen molar-refractivity contribution in [3.05, 3.63) is 59.4 Å². The minimum Gasteiger partial charge on any atom is -0.466 e. The summed E-state index contributed by atoms with van der Waals surface area (Å²) in [7, 11) is 0. The van der Waals surface area contributed by atoms with Crippen molar-refractivity contribution < 1.29 is 9.53 Å². The number of esters is 1. The smallest absolute Gasteiger partial charge is 0.313 e. The molecule has 0 aliphatic heterocycles. The van der Waals surface area contributed by atoms with Gasteiger partial charge in [0.15, 0.2) is 0 Å². The second kappa shape index (κ2) is 6.20. The molecule has 0 aliphatic rings. The SMILES string of the molecule is CCOC(=O)Cc1nc2ccc(Cl)cc2n1-c1ccccc1. The van der Waals surface area contributed by atoms with Gasteiger partial charge in [-0.15, -0.1) is 0 Å². The van der Waals surface area contributed by atoms with Crippen molar-refractivity contribution in [3.8, 4) is 5.69 Å². The van der Waals surface area contributed by atoms with Gasteiger partial charge in [0.2, 0.25) is 0 Å². The molecule has 5 heteroatoms. The molecule has 0 bridgehead atoms. The van der Waals surface area contributed by atoms with E-state index in [0.717, 1.165) is 16.7 Å². The summed E-state index contributed by atoms with van der Waals surface area (Å²) in [6.45, 7) is 2.15. The van der Waals surface area contributed by atoms with E-state index in [9.17, 15) is 4.79 Å². The summed E-state index contributed by atoms with van der Waals surface area (Å²) in [6, 6.07) is 15.3. The molecule has 0 spiro atoms. The van der Waals surface area contributed by atoms with Crippen molar-refractivity contribution >= 4 is 28.6 Å². The number of nitrogens with zero attached hydrogens (tertiary/aromatic N) is 2. The molecule has 0 amide bonds. The number of fused-ring (bicyclic) bond motifs is 1. The molecule has 2 aromatic carbocycles. The molecule has 22 heavy (non-hydrogen) atoms. The van der Waals surface area contributed by atoms with E-state index in [-0.39, 0.29) is 12.4 Å². The van der Waals surface area contributed by atoms with Crippen LogP contribution < -0.4 is 0 Å². The van der Waals surface area contributed by atoms with E-state index in [1.165, 1.54) is 0 Å². The summed E-state index contributed by atoms with van der Waals surface area (Å²) in [6.07, 6.45) is 0.120. The van der Waals surface area contributed by atoms with Crippen LogP contribution in [-0.2, 0) is 16.0 Å². The maximum Gasteiger partial charge on any atom is 0.313 e.